The standard InChI is InChI=1S/C18H20FN3O3S/c1-12-4-6-14(26(20,24)25)11-15(12)18(23)21-13-5-7-17(16(19)10-13)22-8-2-3-9-22/h4-7,10-11H,2-3,8-9H2,1H3,(H,21,23)(H2,20,24,25). The van der Waals surface area contributed by atoms with Crippen molar-refractivity contribution in [2.45, 2.75) is 24.7 Å². The first-order chi connectivity index (χ1) is 12.3. The van der Waals surface area contributed by atoms with E-state index in [1.807, 2.05) is 4.90 Å². The number of nitrogens with one attached hydrogen (secondary N) is 1. The predicted octanol–water partition coefficient (Wildman–Crippen LogP) is 2.63. The summed E-state index contributed by atoms with van der Waals surface area (Å²) in [6.45, 7) is 3.32. The lowest BCUT2D eigenvalue weighted by Crippen LogP contribution is -2.19. The minimum atomic E-state index is -3.92. The van der Waals surface area contributed by atoms with Crippen molar-refractivity contribution in [2.24, 2.45) is 5.14 Å². The van der Waals surface area contributed by atoms with Crippen molar-refractivity contribution in [3.63, 3.8) is 0 Å². The van der Waals surface area contributed by atoms with Gasteiger partial charge in [-0.1, -0.05) is 6.07 Å². The fourth-order valence-corrected chi connectivity index (χ4v) is 3.56. The lowest BCUT2D eigenvalue weighted by molar-refractivity contribution is 0.102. The molecular formula is C18H20FN3O3S. The Kier molecular flexibility index (Phi) is 4.97. The summed E-state index contributed by atoms with van der Waals surface area (Å²) in [4.78, 5) is 14.3. The van der Waals surface area contributed by atoms with E-state index in [0.29, 0.717) is 16.9 Å². The smallest absolute Gasteiger partial charge is 0.255 e. The molecule has 2 aromatic rings. The third-order valence-electron chi connectivity index (χ3n) is 4.43. The van der Waals surface area contributed by atoms with Crippen molar-refractivity contribution in [1.82, 2.24) is 0 Å². The number of amides is 1. The van der Waals surface area contributed by atoms with Crippen LogP contribution in [0.4, 0.5) is 15.8 Å². The van der Waals surface area contributed by atoms with Crippen LogP contribution in [0.2, 0.25) is 0 Å². The lowest BCUT2D eigenvalue weighted by Gasteiger charge is -2.19. The molecule has 1 fully saturated rings. The van der Waals surface area contributed by atoms with Gasteiger partial charge in [0.25, 0.3) is 5.91 Å². The first-order valence-corrected chi connectivity index (χ1v) is 9.79. The highest BCUT2D eigenvalue weighted by Gasteiger charge is 2.18. The normalized spacial score (nSPS) is 14.5. The summed E-state index contributed by atoms with van der Waals surface area (Å²) < 4.78 is 37.3. The number of hydrogen-bond acceptors (Lipinski definition) is 4. The molecule has 1 aliphatic heterocycles. The fraction of sp³-hybridized carbons (Fsp3) is 0.278. The van der Waals surface area contributed by atoms with E-state index in [1.54, 1.807) is 19.1 Å². The van der Waals surface area contributed by atoms with Crippen LogP contribution >= 0.6 is 0 Å². The summed E-state index contributed by atoms with van der Waals surface area (Å²) in [5.41, 5.74) is 1.58. The molecule has 0 aromatic heterocycles. The Bertz CT molecular complexity index is 954. The minimum Gasteiger partial charge on any atom is -0.369 e. The van der Waals surface area contributed by atoms with Gasteiger partial charge < -0.3 is 10.2 Å². The van der Waals surface area contributed by atoms with Crippen molar-refractivity contribution in [3.8, 4) is 0 Å². The van der Waals surface area contributed by atoms with E-state index in [2.05, 4.69) is 5.32 Å². The largest absolute Gasteiger partial charge is 0.369 e. The molecule has 2 aromatic carbocycles. The van der Waals surface area contributed by atoms with Gasteiger partial charge in [-0.25, -0.2) is 17.9 Å². The summed E-state index contributed by atoms with van der Waals surface area (Å²) in [6.07, 6.45) is 2.08. The quantitative estimate of drug-likeness (QED) is 0.857. The zero-order valence-corrected chi connectivity index (χ0v) is 15.1. The van der Waals surface area contributed by atoms with Crippen LogP contribution in [-0.4, -0.2) is 27.4 Å². The number of nitrogens with two attached hydrogens (primary N) is 1. The van der Waals surface area contributed by atoms with Gasteiger partial charge in [0.2, 0.25) is 10.0 Å². The number of sulfonamides is 1. The Labute approximate surface area is 151 Å². The molecule has 0 unspecified atom stereocenters. The molecular weight excluding hydrogens is 357 g/mol. The number of primary sulfonamides is 1. The van der Waals surface area contributed by atoms with Gasteiger partial charge in [0.05, 0.1) is 10.6 Å². The molecule has 0 spiro atoms. The first kappa shape index (κ1) is 18.3. The van der Waals surface area contributed by atoms with Crippen LogP contribution < -0.4 is 15.4 Å². The zero-order valence-electron chi connectivity index (χ0n) is 14.3. The van der Waals surface area contributed by atoms with Crippen LogP contribution in [0.1, 0.15) is 28.8 Å². The summed E-state index contributed by atoms with van der Waals surface area (Å²) in [5.74, 6) is -0.930. The Morgan fingerprint density at radius 2 is 1.85 bits per heavy atom. The molecule has 138 valence electrons. The average Bonchev–Trinajstić information content (AvgIpc) is 3.08. The van der Waals surface area contributed by atoms with Gasteiger partial charge in [-0.05, 0) is 55.7 Å². The number of carbonyl (C=O) groups is 1. The number of carbonyl (C=O) groups excluding carboxylic acids is 1. The molecule has 0 saturated carbocycles. The van der Waals surface area contributed by atoms with Crippen molar-refractivity contribution < 1.29 is 17.6 Å². The van der Waals surface area contributed by atoms with E-state index in [1.165, 1.54) is 24.3 Å². The molecule has 1 heterocycles. The topological polar surface area (TPSA) is 92.5 Å². The number of hydrogen-bond donors (Lipinski definition) is 2. The number of nitrogens with zero attached hydrogens (tertiary/aromatic N) is 1. The van der Waals surface area contributed by atoms with E-state index in [0.717, 1.165) is 25.9 Å². The molecule has 1 amide bonds. The monoisotopic (exact) mass is 377 g/mol. The number of anilines is 2. The molecule has 0 bridgehead atoms. The highest BCUT2D eigenvalue weighted by atomic mass is 32.2. The highest BCUT2D eigenvalue weighted by molar-refractivity contribution is 7.89. The number of benzene rings is 2. The molecule has 3 rings (SSSR count). The second-order valence-electron chi connectivity index (χ2n) is 6.34. The first-order valence-electron chi connectivity index (χ1n) is 8.25. The molecule has 0 radical (unpaired) electrons. The average molecular weight is 377 g/mol. The molecule has 0 aliphatic carbocycles. The summed E-state index contributed by atoms with van der Waals surface area (Å²) in [7, 11) is -3.92. The van der Waals surface area contributed by atoms with Crippen LogP contribution in [0.15, 0.2) is 41.3 Å². The van der Waals surface area contributed by atoms with Gasteiger partial charge >= 0.3 is 0 Å². The third-order valence-corrected chi connectivity index (χ3v) is 5.35. The van der Waals surface area contributed by atoms with Gasteiger partial charge in [0.1, 0.15) is 5.82 Å². The van der Waals surface area contributed by atoms with Gasteiger partial charge in [-0.3, -0.25) is 4.79 Å². The molecule has 3 N–H and O–H groups in total. The van der Waals surface area contributed by atoms with Crippen LogP contribution in [0.5, 0.6) is 0 Å². The Morgan fingerprint density at radius 3 is 2.46 bits per heavy atom. The van der Waals surface area contributed by atoms with Gasteiger partial charge in [-0.2, -0.15) is 0 Å². The second kappa shape index (κ2) is 7.05. The molecule has 1 aliphatic rings. The Hall–Kier alpha value is -2.45. The van der Waals surface area contributed by atoms with Crippen LogP contribution in [-0.2, 0) is 10.0 Å². The molecule has 0 atom stereocenters. The number of halogens is 1. The van der Waals surface area contributed by atoms with Crippen LogP contribution in [0, 0.1) is 12.7 Å². The van der Waals surface area contributed by atoms with E-state index >= 15 is 0 Å². The lowest BCUT2D eigenvalue weighted by atomic mass is 10.1. The maximum absolute atomic E-state index is 14.4. The van der Waals surface area contributed by atoms with Crippen LogP contribution in [0.25, 0.3) is 0 Å². The predicted molar refractivity (Wildman–Crippen MR) is 98.4 cm³/mol. The highest BCUT2D eigenvalue weighted by Crippen LogP contribution is 2.26. The van der Waals surface area contributed by atoms with Crippen molar-refractivity contribution >= 4 is 27.3 Å². The molecule has 26 heavy (non-hydrogen) atoms. The summed E-state index contributed by atoms with van der Waals surface area (Å²) in [6, 6.07) is 8.61. The summed E-state index contributed by atoms with van der Waals surface area (Å²) >= 11 is 0. The number of rotatable bonds is 4. The van der Waals surface area contributed by atoms with Crippen molar-refractivity contribution in [2.75, 3.05) is 23.3 Å². The SMILES string of the molecule is Cc1ccc(S(N)(=O)=O)cc1C(=O)Nc1ccc(N2CCCC2)c(F)c1. The second-order valence-corrected chi connectivity index (χ2v) is 7.90. The molecule has 1 saturated heterocycles. The third kappa shape index (κ3) is 3.86. The maximum Gasteiger partial charge on any atom is 0.255 e. The minimum absolute atomic E-state index is 0.149. The Balaban J connectivity index is 1.83. The van der Waals surface area contributed by atoms with E-state index in [4.69, 9.17) is 5.14 Å². The van der Waals surface area contributed by atoms with E-state index < -0.39 is 21.7 Å². The molecule has 6 nitrogen and oxygen atoms in total. The van der Waals surface area contributed by atoms with Crippen molar-refractivity contribution in [1.29, 1.82) is 0 Å². The molecule has 8 heteroatoms. The van der Waals surface area contributed by atoms with E-state index in [9.17, 15) is 17.6 Å². The van der Waals surface area contributed by atoms with Crippen molar-refractivity contribution in [3.05, 3.63) is 53.3 Å². The fourth-order valence-electron chi connectivity index (χ4n) is 3.02. The van der Waals surface area contributed by atoms with Gasteiger partial charge in [-0.15, -0.1) is 0 Å². The van der Waals surface area contributed by atoms with Gasteiger partial charge in [0.15, 0.2) is 0 Å². The maximum atomic E-state index is 14.4. The zero-order chi connectivity index (χ0) is 18.9. The van der Waals surface area contributed by atoms with Gasteiger partial charge in [0, 0.05) is 24.3 Å². The number of aryl methyl sites for hydroxylation is 1. The van der Waals surface area contributed by atoms with E-state index in [-0.39, 0.29) is 10.5 Å². The Morgan fingerprint density at radius 1 is 1.15 bits per heavy atom. The summed E-state index contributed by atoms with van der Waals surface area (Å²) in [5, 5.41) is 7.71. The van der Waals surface area contributed by atoms with Crippen LogP contribution in [0.3, 0.4) is 0 Å².